The van der Waals surface area contributed by atoms with Crippen LogP contribution in [0.4, 0.5) is 28.4 Å². The third kappa shape index (κ3) is 8.36. The number of anilines is 1. The molecule has 218 valence electrons. The normalized spacial score (nSPS) is 16.2. The average molecular weight is 577 g/mol. The first-order valence-electron chi connectivity index (χ1n) is 12.3. The van der Waals surface area contributed by atoms with Gasteiger partial charge in [-0.2, -0.15) is 13.2 Å². The van der Waals surface area contributed by atoms with Crippen molar-refractivity contribution in [3.8, 4) is 11.8 Å². The maximum atomic E-state index is 13.2. The number of rotatable bonds is 9. The lowest BCUT2D eigenvalue weighted by atomic mass is 10.1. The number of likely N-dealkylation sites (tertiary alicyclic amines) is 1. The molecule has 0 unspecified atom stereocenters. The van der Waals surface area contributed by atoms with Gasteiger partial charge in [0, 0.05) is 13.1 Å². The summed E-state index contributed by atoms with van der Waals surface area (Å²) in [6.45, 7) is 1.21. The minimum atomic E-state index is -4.81. The predicted octanol–water partition coefficient (Wildman–Crippen LogP) is 2.81. The Morgan fingerprint density at radius 1 is 1.17 bits per heavy atom. The maximum absolute atomic E-state index is 13.2. The van der Waals surface area contributed by atoms with Gasteiger partial charge in [0.15, 0.2) is 0 Å². The number of carbonyl (C=O) groups is 4. The summed E-state index contributed by atoms with van der Waals surface area (Å²) in [5.41, 5.74) is -1.49. The van der Waals surface area contributed by atoms with Crippen molar-refractivity contribution in [3.05, 3.63) is 65.2 Å². The highest BCUT2D eigenvalue weighted by molar-refractivity contribution is 6.04. The van der Waals surface area contributed by atoms with E-state index in [1.165, 1.54) is 11.8 Å². The van der Waals surface area contributed by atoms with Crippen molar-refractivity contribution in [2.45, 2.75) is 44.3 Å². The van der Waals surface area contributed by atoms with Crippen molar-refractivity contribution in [1.82, 2.24) is 15.5 Å². The fourth-order valence-electron chi connectivity index (χ4n) is 4.13. The van der Waals surface area contributed by atoms with Crippen molar-refractivity contribution in [2.75, 3.05) is 18.4 Å². The SMILES string of the molecule is CC#C[C@H](O)[C@H](CNC(=O)OCc1ccccc1)N1CC[C@H](NC(=O)c2cc(C(F)(F)F)ccc2NC(=O)O)C1=O. The molecule has 11 nitrogen and oxygen atoms in total. The van der Waals surface area contributed by atoms with E-state index in [-0.39, 0.29) is 26.1 Å². The summed E-state index contributed by atoms with van der Waals surface area (Å²) >= 11 is 0. The molecular formula is C27H27F3N4O7. The van der Waals surface area contributed by atoms with Crippen LogP contribution in [-0.4, -0.2) is 70.4 Å². The van der Waals surface area contributed by atoms with Crippen LogP contribution in [0.25, 0.3) is 0 Å². The molecule has 1 heterocycles. The number of halogens is 3. The molecule has 0 aromatic heterocycles. The van der Waals surface area contributed by atoms with Crippen molar-refractivity contribution >= 4 is 29.7 Å². The molecule has 5 N–H and O–H groups in total. The second-order valence-electron chi connectivity index (χ2n) is 8.88. The minimum Gasteiger partial charge on any atom is -0.465 e. The quantitative estimate of drug-likeness (QED) is 0.287. The van der Waals surface area contributed by atoms with Crippen LogP contribution in [0, 0.1) is 11.8 Å². The molecule has 41 heavy (non-hydrogen) atoms. The van der Waals surface area contributed by atoms with Crippen molar-refractivity contribution in [2.24, 2.45) is 0 Å². The third-order valence-electron chi connectivity index (χ3n) is 6.10. The standard InChI is InChI=1S/C27H27F3N4O7/c1-2-6-22(35)21(14-31-26(40)41-15-16-7-4-3-5-8-16)34-12-11-20(24(34)37)32-23(36)18-13-17(27(28,29)30)9-10-19(18)33-25(38)39/h3-5,7-10,13,20-22,33,35H,11-12,14-15H2,1H3,(H,31,40)(H,32,36)(H,38,39)/t20-,21-,22-/m0/s1. The lowest BCUT2D eigenvalue weighted by Crippen LogP contribution is -2.53. The molecule has 0 radical (unpaired) electrons. The lowest BCUT2D eigenvalue weighted by molar-refractivity contribution is -0.137. The molecule has 2 aromatic rings. The van der Waals surface area contributed by atoms with Gasteiger partial charge in [-0.15, -0.1) is 5.92 Å². The first-order chi connectivity index (χ1) is 19.4. The second-order valence-corrected chi connectivity index (χ2v) is 8.88. The van der Waals surface area contributed by atoms with Crippen LogP contribution in [0.1, 0.15) is 34.8 Å². The van der Waals surface area contributed by atoms with Crippen LogP contribution < -0.4 is 16.0 Å². The summed E-state index contributed by atoms with van der Waals surface area (Å²) in [5, 5.41) is 26.2. The van der Waals surface area contributed by atoms with E-state index in [0.717, 1.165) is 11.6 Å². The molecule has 1 saturated heterocycles. The number of ether oxygens (including phenoxy) is 1. The summed E-state index contributed by atoms with van der Waals surface area (Å²) in [6.07, 6.45) is -8.59. The number of nitrogens with zero attached hydrogens (tertiary/aromatic N) is 1. The zero-order valence-corrected chi connectivity index (χ0v) is 21.7. The number of alkyl halides is 3. The molecule has 1 aliphatic heterocycles. The van der Waals surface area contributed by atoms with Crippen molar-refractivity contribution in [3.63, 3.8) is 0 Å². The largest absolute Gasteiger partial charge is 0.465 e. The molecule has 2 aromatic carbocycles. The van der Waals surface area contributed by atoms with E-state index in [0.29, 0.717) is 12.1 Å². The number of nitrogens with one attached hydrogen (secondary N) is 3. The molecule has 3 rings (SSSR count). The predicted molar refractivity (Wildman–Crippen MR) is 139 cm³/mol. The van der Waals surface area contributed by atoms with Gasteiger partial charge in [0.25, 0.3) is 5.91 Å². The Hall–Kier alpha value is -4.77. The van der Waals surface area contributed by atoms with Crippen LogP contribution in [0.15, 0.2) is 48.5 Å². The average Bonchev–Trinajstić information content (AvgIpc) is 3.27. The molecular weight excluding hydrogens is 549 g/mol. The number of hydrogen-bond acceptors (Lipinski definition) is 6. The number of aliphatic hydroxyl groups is 1. The topological polar surface area (TPSA) is 157 Å². The van der Waals surface area contributed by atoms with Gasteiger partial charge in [-0.3, -0.25) is 14.9 Å². The van der Waals surface area contributed by atoms with E-state index in [1.54, 1.807) is 30.3 Å². The summed E-state index contributed by atoms with van der Waals surface area (Å²) in [6, 6.07) is 8.51. The number of carbonyl (C=O) groups excluding carboxylic acids is 3. The highest BCUT2D eigenvalue weighted by Gasteiger charge is 2.40. The van der Waals surface area contributed by atoms with Crippen LogP contribution in [0.2, 0.25) is 0 Å². The van der Waals surface area contributed by atoms with E-state index in [9.17, 15) is 37.5 Å². The van der Waals surface area contributed by atoms with E-state index in [2.05, 4.69) is 22.5 Å². The van der Waals surface area contributed by atoms with Crippen molar-refractivity contribution in [1.29, 1.82) is 0 Å². The van der Waals surface area contributed by atoms with Gasteiger partial charge in [-0.1, -0.05) is 36.3 Å². The molecule has 0 aliphatic carbocycles. The lowest BCUT2D eigenvalue weighted by Gasteiger charge is -2.30. The van der Waals surface area contributed by atoms with Gasteiger partial charge in [0.2, 0.25) is 5.91 Å². The highest BCUT2D eigenvalue weighted by Crippen LogP contribution is 2.32. The molecule has 0 bridgehead atoms. The summed E-state index contributed by atoms with van der Waals surface area (Å²) in [7, 11) is 0. The Balaban J connectivity index is 1.71. The molecule has 1 fully saturated rings. The zero-order chi connectivity index (χ0) is 30.2. The molecule has 0 saturated carbocycles. The minimum absolute atomic E-state index is 0.0142. The number of amides is 4. The first-order valence-corrected chi connectivity index (χ1v) is 12.3. The van der Waals surface area contributed by atoms with Gasteiger partial charge in [0.1, 0.15) is 18.8 Å². The van der Waals surface area contributed by atoms with Crippen LogP contribution >= 0.6 is 0 Å². The smallest absolute Gasteiger partial charge is 0.416 e. The van der Waals surface area contributed by atoms with Gasteiger partial charge in [-0.05, 0) is 37.1 Å². The highest BCUT2D eigenvalue weighted by atomic mass is 19.4. The van der Waals surface area contributed by atoms with E-state index in [1.807, 2.05) is 5.32 Å². The molecule has 4 amide bonds. The number of hydrogen-bond donors (Lipinski definition) is 5. The zero-order valence-electron chi connectivity index (χ0n) is 21.7. The number of benzene rings is 2. The van der Waals surface area contributed by atoms with E-state index >= 15 is 0 Å². The molecule has 0 spiro atoms. The van der Waals surface area contributed by atoms with E-state index < -0.39 is 65.2 Å². The molecule has 3 atom stereocenters. The second kappa shape index (κ2) is 13.5. The maximum Gasteiger partial charge on any atom is 0.416 e. The fraction of sp³-hybridized carbons (Fsp3) is 0.333. The van der Waals surface area contributed by atoms with Gasteiger partial charge >= 0.3 is 18.4 Å². The van der Waals surface area contributed by atoms with Crippen molar-refractivity contribution < 1.29 is 47.3 Å². The molecule has 14 heteroatoms. The Bertz CT molecular complexity index is 1340. The Labute approximate surface area is 232 Å². The Morgan fingerprint density at radius 3 is 2.51 bits per heavy atom. The third-order valence-corrected chi connectivity index (χ3v) is 6.10. The van der Waals surface area contributed by atoms with Gasteiger partial charge in [-0.25, -0.2) is 9.59 Å². The van der Waals surface area contributed by atoms with Gasteiger partial charge in [0.05, 0.1) is 22.9 Å². The number of carboxylic acid groups (broad SMARTS) is 1. The fourth-order valence-corrected chi connectivity index (χ4v) is 4.13. The molecule has 1 aliphatic rings. The summed E-state index contributed by atoms with van der Waals surface area (Å²) in [4.78, 5) is 50.6. The monoisotopic (exact) mass is 576 g/mol. The summed E-state index contributed by atoms with van der Waals surface area (Å²) < 4.78 is 44.8. The van der Waals surface area contributed by atoms with Crippen LogP contribution in [0.3, 0.4) is 0 Å². The van der Waals surface area contributed by atoms with Crippen LogP contribution in [0.5, 0.6) is 0 Å². The Morgan fingerprint density at radius 2 is 1.88 bits per heavy atom. The number of alkyl carbamates (subject to hydrolysis) is 1. The first kappa shape index (κ1) is 30.8. The van der Waals surface area contributed by atoms with Crippen LogP contribution in [-0.2, 0) is 22.3 Å². The Kier molecular flexibility index (Phi) is 10.2. The number of aliphatic hydroxyl groups excluding tert-OH is 1. The summed E-state index contributed by atoms with van der Waals surface area (Å²) in [5.74, 6) is 3.24. The van der Waals surface area contributed by atoms with E-state index in [4.69, 9.17) is 9.84 Å². The van der Waals surface area contributed by atoms with Gasteiger partial charge < -0.3 is 30.5 Å².